The zero-order valence-electron chi connectivity index (χ0n) is 33.1. The lowest BCUT2D eigenvalue weighted by Crippen LogP contribution is -2.19. The number of ether oxygens (including phenoxy) is 4. The van der Waals surface area contributed by atoms with Gasteiger partial charge in [0.1, 0.15) is 23.0 Å². The summed E-state index contributed by atoms with van der Waals surface area (Å²) in [5, 5.41) is 0. The summed E-state index contributed by atoms with van der Waals surface area (Å²) < 4.78 is 25.9. The van der Waals surface area contributed by atoms with E-state index in [9.17, 15) is 0 Å². The zero-order valence-corrected chi connectivity index (χ0v) is 34.0. The summed E-state index contributed by atoms with van der Waals surface area (Å²) in [4.78, 5) is 2.49. The molecule has 1 aromatic heterocycles. The Morgan fingerprint density at radius 1 is 0.480 bits per heavy atom. The van der Waals surface area contributed by atoms with Crippen molar-refractivity contribution in [3.63, 3.8) is 0 Å². The van der Waals surface area contributed by atoms with Crippen LogP contribution in [0, 0.1) is 13.8 Å². The van der Waals surface area contributed by atoms with Crippen LogP contribution in [-0.4, -0.2) is 26.4 Å². The fraction of sp³-hybridized carbons (Fsp3) is 0.644. The number of rotatable bonds is 27. The van der Waals surface area contributed by atoms with E-state index in [4.69, 9.17) is 18.9 Å². The minimum absolute atomic E-state index is 0.292. The SMILES string of the molecule is CCCCCCOc1cc(-c2ccc(C(C)(C)c3cc(OCCCCCC)c(C)cc3OCCCCCC)s2)c(OCCCCCC)cc1C. The Morgan fingerprint density at radius 2 is 0.900 bits per heavy atom. The van der Waals surface area contributed by atoms with Crippen molar-refractivity contribution in [2.75, 3.05) is 26.4 Å². The first-order valence-corrected chi connectivity index (χ1v) is 21.0. The van der Waals surface area contributed by atoms with Gasteiger partial charge in [0, 0.05) is 26.3 Å². The predicted octanol–water partition coefficient (Wildman–Crippen LogP) is 14.2. The number of hydrogen-bond acceptors (Lipinski definition) is 5. The molecule has 1 heterocycles. The van der Waals surface area contributed by atoms with Crippen LogP contribution in [0.4, 0.5) is 0 Å². The molecule has 3 rings (SSSR count). The van der Waals surface area contributed by atoms with E-state index in [0.29, 0.717) is 0 Å². The third-order valence-electron chi connectivity index (χ3n) is 9.74. The van der Waals surface area contributed by atoms with Crippen molar-refractivity contribution in [2.24, 2.45) is 0 Å². The number of benzene rings is 2. The Bertz CT molecular complexity index is 1370. The normalized spacial score (nSPS) is 11.6. The molecule has 0 amide bonds. The third-order valence-corrected chi connectivity index (χ3v) is 11.2. The highest BCUT2D eigenvalue weighted by atomic mass is 32.1. The Hall–Kier alpha value is -2.66. The summed E-state index contributed by atoms with van der Waals surface area (Å²) in [5.41, 5.74) is 4.28. The van der Waals surface area contributed by atoms with Gasteiger partial charge >= 0.3 is 0 Å². The Morgan fingerprint density at radius 3 is 1.38 bits per heavy atom. The van der Waals surface area contributed by atoms with Gasteiger partial charge in [0.2, 0.25) is 0 Å². The van der Waals surface area contributed by atoms with E-state index in [2.05, 4.69) is 91.8 Å². The molecule has 0 saturated carbocycles. The van der Waals surface area contributed by atoms with Gasteiger partial charge in [0.25, 0.3) is 0 Å². The van der Waals surface area contributed by atoms with E-state index in [0.717, 1.165) is 91.8 Å². The van der Waals surface area contributed by atoms with Gasteiger partial charge in [-0.2, -0.15) is 0 Å². The lowest BCUT2D eigenvalue weighted by atomic mass is 9.82. The Balaban J connectivity index is 1.96. The van der Waals surface area contributed by atoms with Crippen LogP contribution in [0.25, 0.3) is 10.4 Å². The molecule has 0 saturated heterocycles. The number of unbranched alkanes of at least 4 members (excludes halogenated alkanes) is 12. The maximum Gasteiger partial charge on any atom is 0.128 e. The van der Waals surface area contributed by atoms with Crippen molar-refractivity contribution >= 4 is 11.3 Å². The Labute approximate surface area is 310 Å². The number of thiophene rings is 1. The van der Waals surface area contributed by atoms with E-state index >= 15 is 0 Å². The van der Waals surface area contributed by atoms with Gasteiger partial charge in [-0.25, -0.2) is 0 Å². The van der Waals surface area contributed by atoms with Crippen molar-refractivity contribution in [3.05, 3.63) is 58.0 Å². The molecule has 4 nitrogen and oxygen atoms in total. The summed E-state index contributed by atoms with van der Waals surface area (Å²) in [5.74, 6) is 3.86. The van der Waals surface area contributed by atoms with Gasteiger partial charge < -0.3 is 18.9 Å². The lowest BCUT2D eigenvalue weighted by Gasteiger charge is -2.28. The fourth-order valence-corrected chi connectivity index (χ4v) is 7.49. The average Bonchev–Trinajstić information content (AvgIpc) is 3.60. The van der Waals surface area contributed by atoms with E-state index in [-0.39, 0.29) is 5.41 Å². The monoisotopic (exact) mass is 706 g/mol. The molecule has 5 heteroatoms. The minimum atomic E-state index is -0.292. The molecule has 0 spiro atoms. The van der Waals surface area contributed by atoms with E-state index in [1.165, 1.54) is 92.4 Å². The van der Waals surface area contributed by atoms with Crippen LogP contribution >= 0.6 is 11.3 Å². The molecule has 280 valence electrons. The zero-order chi connectivity index (χ0) is 36.2. The quantitative estimate of drug-likeness (QED) is 0.0740. The minimum Gasteiger partial charge on any atom is -0.493 e. The van der Waals surface area contributed by atoms with E-state index in [1.54, 1.807) is 0 Å². The van der Waals surface area contributed by atoms with Gasteiger partial charge in [0.05, 0.1) is 26.4 Å². The molecular formula is C45H70O4S. The summed E-state index contributed by atoms with van der Waals surface area (Å²) >= 11 is 1.85. The summed E-state index contributed by atoms with van der Waals surface area (Å²) in [6.07, 6.45) is 19.0. The highest BCUT2D eigenvalue weighted by Gasteiger charge is 2.30. The smallest absolute Gasteiger partial charge is 0.128 e. The van der Waals surface area contributed by atoms with Crippen LogP contribution < -0.4 is 18.9 Å². The largest absolute Gasteiger partial charge is 0.493 e. The van der Waals surface area contributed by atoms with Crippen molar-refractivity contribution in [2.45, 2.75) is 164 Å². The standard InChI is InChI=1S/C45H70O4S/c1-9-13-17-21-27-46-39-33-37(41(31-35(39)5)48-29-23-19-15-11-3)43-25-26-44(50-43)45(7,8)38-34-40(47-28-22-18-14-10-2)36(6)32-42(38)49-30-24-20-16-12-4/h25-26,31-34H,9-24,27-30H2,1-8H3. The van der Waals surface area contributed by atoms with Crippen LogP contribution in [-0.2, 0) is 5.41 Å². The topological polar surface area (TPSA) is 36.9 Å². The van der Waals surface area contributed by atoms with Crippen LogP contribution in [0.1, 0.15) is 166 Å². The predicted molar refractivity (Wildman–Crippen MR) is 216 cm³/mol. The fourth-order valence-electron chi connectivity index (χ4n) is 6.35. The Kier molecular flexibility index (Phi) is 19.2. The highest BCUT2D eigenvalue weighted by molar-refractivity contribution is 7.15. The van der Waals surface area contributed by atoms with Gasteiger partial charge in [-0.15, -0.1) is 11.3 Å². The maximum atomic E-state index is 6.57. The van der Waals surface area contributed by atoms with Gasteiger partial charge in [0.15, 0.2) is 0 Å². The van der Waals surface area contributed by atoms with Crippen molar-refractivity contribution in [1.29, 1.82) is 0 Å². The van der Waals surface area contributed by atoms with Crippen molar-refractivity contribution in [3.8, 4) is 33.4 Å². The van der Waals surface area contributed by atoms with E-state index in [1.807, 2.05) is 11.3 Å². The molecule has 0 atom stereocenters. The summed E-state index contributed by atoms with van der Waals surface area (Å²) in [6, 6.07) is 13.5. The van der Waals surface area contributed by atoms with E-state index < -0.39 is 0 Å². The highest BCUT2D eigenvalue weighted by Crippen LogP contribution is 2.47. The first-order valence-electron chi connectivity index (χ1n) is 20.2. The molecule has 0 aliphatic carbocycles. The number of hydrogen-bond donors (Lipinski definition) is 0. The molecule has 0 unspecified atom stereocenters. The molecule has 0 aliphatic rings. The average molecular weight is 707 g/mol. The second-order valence-corrected chi connectivity index (χ2v) is 15.7. The van der Waals surface area contributed by atoms with Crippen molar-refractivity contribution < 1.29 is 18.9 Å². The molecule has 0 radical (unpaired) electrons. The van der Waals surface area contributed by atoms with Crippen LogP contribution in [0.2, 0.25) is 0 Å². The first kappa shape index (κ1) is 41.8. The lowest BCUT2D eigenvalue weighted by molar-refractivity contribution is 0.290. The summed E-state index contributed by atoms with van der Waals surface area (Å²) in [7, 11) is 0. The molecule has 2 aromatic carbocycles. The molecular weight excluding hydrogens is 637 g/mol. The third kappa shape index (κ3) is 13.1. The maximum absolute atomic E-state index is 6.57. The van der Waals surface area contributed by atoms with Crippen molar-refractivity contribution in [1.82, 2.24) is 0 Å². The number of aryl methyl sites for hydroxylation is 2. The molecule has 0 aliphatic heterocycles. The first-order chi connectivity index (χ1) is 24.3. The van der Waals surface area contributed by atoms with Gasteiger partial charge in [-0.05, 0) is 87.1 Å². The molecule has 50 heavy (non-hydrogen) atoms. The van der Waals surface area contributed by atoms with Crippen LogP contribution in [0.15, 0.2) is 36.4 Å². The second kappa shape index (κ2) is 23.0. The summed E-state index contributed by atoms with van der Waals surface area (Å²) in [6.45, 7) is 20.9. The second-order valence-electron chi connectivity index (χ2n) is 14.7. The van der Waals surface area contributed by atoms with Gasteiger partial charge in [-0.3, -0.25) is 0 Å². The molecule has 0 fully saturated rings. The molecule has 0 N–H and O–H groups in total. The molecule has 3 aromatic rings. The molecule has 0 bridgehead atoms. The van der Waals surface area contributed by atoms with Crippen LogP contribution in [0.3, 0.4) is 0 Å². The van der Waals surface area contributed by atoms with Crippen LogP contribution in [0.5, 0.6) is 23.0 Å². The van der Waals surface area contributed by atoms with Gasteiger partial charge in [-0.1, -0.05) is 119 Å².